The second-order valence-electron chi connectivity index (χ2n) is 16.3. The number of fused-ring (bicyclic) bond motifs is 5. The van der Waals surface area contributed by atoms with Crippen molar-refractivity contribution in [3.05, 3.63) is 211 Å². The molecule has 1 spiro atoms. The summed E-state index contributed by atoms with van der Waals surface area (Å²) in [6, 6.07) is 71.9. The molecule has 0 N–H and O–H groups in total. The maximum absolute atomic E-state index is 5.09. The highest BCUT2D eigenvalue weighted by molar-refractivity contribution is 5.86. The molecule has 2 aliphatic rings. The van der Waals surface area contributed by atoms with Crippen LogP contribution in [0.25, 0.3) is 89.8 Å². The van der Waals surface area contributed by atoms with Gasteiger partial charge in [-0.1, -0.05) is 195 Å². The van der Waals surface area contributed by atoms with Crippen LogP contribution < -0.4 is 0 Å². The highest BCUT2D eigenvalue weighted by atomic mass is 15.0. The summed E-state index contributed by atoms with van der Waals surface area (Å²) in [5, 5.41) is 0. The number of benzene rings is 8. The Balaban J connectivity index is 0.899. The molecule has 0 bridgehead atoms. The molecule has 3 heteroatoms. The molecule has 1 fully saturated rings. The molecule has 1 aromatic heterocycles. The maximum atomic E-state index is 5.09. The molecule has 0 unspecified atom stereocenters. The summed E-state index contributed by atoms with van der Waals surface area (Å²) < 4.78 is 0. The number of rotatable bonds is 7. The van der Waals surface area contributed by atoms with Crippen molar-refractivity contribution in [3.8, 4) is 89.8 Å². The lowest BCUT2D eigenvalue weighted by Gasteiger charge is -2.36. The van der Waals surface area contributed by atoms with Crippen molar-refractivity contribution in [2.75, 3.05) is 0 Å². The first-order valence-corrected chi connectivity index (χ1v) is 21.2. The molecule has 9 aromatic rings. The molecule has 0 atom stereocenters. The number of nitrogens with zero attached hydrogens (tertiary/aromatic N) is 3. The van der Waals surface area contributed by atoms with Crippen molar-refractivity contribution in [1.82, 2.24) is 15.0 Å². The van der Waals surface area contributed by atoms with Crippen LogP contribution in [-0.2, 0) is 5.41 Å². The third-order valence-electron chi connectivity index (χ3n) is 12.7. The number of aromatic nitrogens is 3. The van der Waals surface area contributed by atoms with Gasteiger partial charge in [0.05, 0.1) is 0 Å². The highest BCUT2D eigenvalue weighted by Crippen LogP contribution is 2.56. The van der Waals surface area contributed by atoms with E-state index in [9.17, 15) is 0 Å². The van der Waals surface area contributed by atoms with E-state index in [1.807, 2.05) is 36.4 Å². The average molecular weight is 770 g/mol. The molecule has 1 saturated carbocycles. The fourth-order valence-electron chi connectivity index (χ4n) is 9.73. The van der Waals surface area contributed by atoms with Gasteiger partial charge in [0.2, 0.25) is 0 Å². The van der Waals surface area contributed by atoms with Crippen LogP contribution in [0.5, 0.6) is 0 Å². The zero-order chi connectivity index (χ0) is 39.9. The fourth-order valence-corrected chi connectivity index (χ4v) is 9.73. The van der Waals surface area contributed by atoms with E-state index in [4.69, 9.17) is 15.0 Å². The smallest absolute Gasteiger partial charge is 0.164 e. The molecule has 11 rings (SSSR count). The first kappa shape index (κ1) is 35.9. The molecule has 0 radical (unpaired) electrons. The quantitative estimate of drug-likeness (QED) is 0.162. The summed E-state index contributed by atoms with van der Waals surface area (Å²) in [6.45, 7) is 0. The van der Waals surface area contributed by atoms with Crippen LogP contribution in [0.3, 0.4) is 0 Å². The predicted octanol–water partition coefficient (Wildman–Crippen LogP) is 14.8. The predicted molar refractivity (Wildman–Crippen MR) is 247 cm³/mol. The van der Waals surface area contributed by atoms with E-state index in [-0.39, 0.29) is 5.41 Å². The van der Waals surface area contributed by atoms with Gasteiger partial charge in [-0.15, -0.1) is 0 Å². The Hall–Kier alpha value is -7.23. The van der Waals surface area contributed by atoms with Crippen LogP contribution >= 0.6 is 0 Å². The monoisotopic (exact) mass is 769 g/mol. The van der Waals surface area contributed by atoms with Gasteiger partial charge in [0.1, 0.15) is 0 Å². The van der Waals surface area contributed by atoms with Gasteiger partial charge in [-0.25, -0.2) is 15.0 Å². The van der Waals surface area contributed by atoms with E-state index >= 15 is 0 Å². The standard InChI is InChI=1S/C57H43N3/c1-4-15-39(16-5-1)44-20-13-23-48(36-44)55-58-54(42-17-6-2-7-18-42)59-56(60-55)49-24-14-21-45(37-49)41-29-27-40(28-30-41)43-19-12-22-46(35-43)47-31-32-53-51(38-47)50-25-8-9-26-52(50)57(53)33-10-3-11-34-57/h1-2,4-9,12-32,35-38H,3,10-11,33-34H2. The molecule has 0 amide bonds. The summed E-state index contributed by atoms with van der Waals surface area (Å²) in [6.07, 6.45) is 6.47. The van der Waals surface area contributed by atoms with Gasteiger partial charge in [-0.05, 0) is 104 Å². The zero-order valence-electron chi connectivity index (χ0n) is 33.4. The van der Waals surface area contributed by atoms with E-state index in [2.05, 4.69) is 164 Å². The number of hydrogen-bond acceptors (Lipinski definition) is 3. The van der Waals surface area contributed by atoms with Crippen molar-refractivity contribution in [3.63, 3.8) is 0 Å². The molecule has 3 nitrogen and oxygen atoms in total. The minimum absolute atomic E-state index is 0.181. The van der Waals surface area contributed by atoms with Gasteiger partial charge < -0.3 is 0 Å². The van der Waals surface area contributed by atoms with Gasteiger partial charge in [-0.3, -0.25) is 0 Å². The van der Waals surface area contributed by atoms with Gasteiger partial charge >= 0.3 is 0 Å². The largest absolute Gasteiger partial charge is 0.208 e. The van der Waals surface area contributed by atoms with Crippen molar-refractivity contribution < 1.29 is 0 Å². The molecule has 8 aromatic carbocycles. The van der Waals surface area contributed by atoms with E-state index in [0.717, 1.165) is 38.9 Å². The molecule has 0 saturated heterocycles. The molecule has 2 aliphatic carbocycles. The minimum atomic E-state index is 0.181. The summed E-state index contributed by atoms with van der Waals surface area (Å²) in [7, 11) is 0. The maximum Gasteiger partial charge on any atom is 0.164 e. The molecular weight excluding hydrogens is 727 g/mol. The van der Waals surface area contributed by atoms with Gasteiger partial charge in [0, 0.05) is 22.1 Å². The van der Waals surface area contributed by atoms with Crippen LogP contribution in [0, 0.1) is 0 Å². The normalized spacial score (nSPS) is 13.8. The van der Waals surface area contributed by atoms with Crippen molar-refractivity contribution in [1.29, 1.82) is 0 Å². The third-order valence-corrected chi connectivity index (χ3v) is 12.7. The Labute approximate surface area is 352 Å². The third kappa shape index (κ3) is 6.53. The summed E-state index contributed by atoms with van der Waals surface area (Å²) in [5.41, 5.74) is 18.4. The van der Waals surface area contributed by atoms with Crippen molar-refractivity contribution >= 4 is 0 Å². The van der Waals surface area contributed by atoms with Gasteiger partial charge in [-0.2, -0.15) is 0 Å². The van der Waals surface area contributed by atoms with Crippen LogP contribution in [-0.4, -0.2) is 15.0 Å². The zero-order valence-corrected chi connectivity index (χ0v) is 33.4. The Morgan fingerprint density at radius 1 is 0.267 bits per heavy atom. The minimum Gasteiger partial charge on any atom is -0.208 e. The van der Waals surface area contributed by atoms with Crippen LogP contribution in [0.1, 0.15) is 43.2 Å². The fraction of sp³-hybridized carbons (Fsp3) is 0.105. The van der Waals surface area contributed by atoms with E-state index in [1.54, 1.807) is 0 Å². The summed E-state index contributed by atoms with van der Waals surface area (Å²) in [4.78, 5) is 15.1. The molecule has 1 heterocycles. The lowest BCUT2D eigenvalue weighted by molar-refractivity contribution is 0.353. The molecule has 0 aliphatic heterocycles. The molecule has 60 heavy (non-hydrogen) atoms. The molecule has 286 valence electrons. The number of hydrogen-bond donors (Lipinski definition) is 0. The van der Waals surface area contributed by atoms with Gasteiger partial charge in [0.25, 0.3) is 0 Å². The Morgan fingerprint density at radius 2 is 0.650 bits per heavy atom. The summed E-state index contributed by atoms with van der Waals surface area (Å²) >= 11 is 0. The van der Waals surface area contributed by atoms with E-state index < -0.39 is 0 Å². The van der Waals surface area contributed by atoms with Crippen molar-refractivity contribution in [2.24, 2.45) is 0 Å². The average Bonchev–Trinajstić information content (AvgIpc) is 3.60. The second-order valence-corrected chi connectivity index (χ2v) is 16.3. The first-order valence-electron chi connectivity index (χ1n) is 21.2. The van der Waals surface area contributed by atoms with Crippen molar-refractivity contribution in [2.45, 2.75) is 37.5 Å². The molecular formula is C57H43N3. The topological polar surface area (TPSA) is 38.7 Å². The lowest BCUT2D eigenvalue weighted by atomic mass is 9.68. The van der Waals surface area contributed by atoms with Crippen LogP contribution in [0.15, 0.2) is 200 Å². The Bertz CT molecular complexity index is 3000. The van der Waals surface area contributed by atoms with E-state index in [1.165, 1.54) is 76.6 Å². The lowest BCUT2D eigenvalue weighted by Crippen LogP contribution is -2.27. The summed E-state index contributed by atoms with van der Waals surface area (Å²) in [5.74, 6) is 1.94. The SMILES string of the molecule is c1ccc(-c2cccc(-c3nc(-c4ccccc4)nc(-c4cccc(-c5ccc(-c6cccc(-c7ccc8c(c7)-c7ccccc7C87CCCCC7)c6)cc5)c4)n3)c2)cc1. The van der Waals surface area contributed by atoms with E-state index in [0.29, 0.717) is 17.5 Å². The van der Waals surface area contributed by atoms with Gasteiger partial charge in [0.15, 0.2) is 17.5 Å². The Morgan fingerprint density at radius 3 is 1.23 bits per heavy atom. The first-order chi connectivity index (χ1) is 29.7. The highest BCUT2D eigenvalue weighted by Gasteiger charge is 2.43. The van der Waals surface area contributed by atoms with Crippen LogP contribution in [0.2, 0.25) is 0 Å². The van der Waals surface area contributed by atoms with Crippen LogP contribution in [0.4, 0.5) is 0 Å². The second kappa shape index (κ2) is 15.2. The Kier molecular flexibility index (Phi) is 9.08.